The first kappa shape index (κ1) is 40.6. The summed E-state index contributed by atoms with van der Waals surface area (Å²) in [6, 6.07) is 36.3. The summed E-state index contributed by atoms with van der Waals surface area (Å²) in [6.07, 6.45) is 8.03. The van der Waals surface area contributed by atoms with E-state index in [9.17, 15) is 0 Å². The molecule has 0 amide bonds. The predicted octanol–water partition coefficient (Wildman–Crippen LogP) is 12.9. The van der Waals surface area contributed by atoms with E-state index in [2.05, 4.69) is 79.7 Å². The molecule has 0 saturated heterocycles. The first-order chi connectivity index (χ1) is 21.7. The standard InChI is InChI=1S/C22H33N2.3C7H7.Hf/c1-6-7-15-23-20-13-8-9-14-21(20)24-22-18(16(2)3)11-10-12-19(22)17(4)5;3*1-7-5-3-2-4-6-7;/h10-12,14,16-17H,6-9,13,15H2,1-5H3;3*2-6H,1H2;/q4*-1;. The SMILES string of the molecule is CCCCN=C1CCCC=C1[N-]c1c(C(C)C)cccc1C(C)C.[CH2-]c1ccccc1.[CH2-]c1ccccc1.[CH2-]c1ccccc1.[Hf]. The van der Waals surface area contributed by atoms with Crippen LogP contribution in [0.5, 0.6) is 0 Å². The summed E-state index contributed by atoms with van der Waals surface area (Å²) in [5, 5.41) is 5.15. The molecule has 0 saturated carbocycles. The molecule has 0 atom stereocenters. The van der Waals surface area contributed by atoms with Gasteiger partial charge in [-0.3, -0.25) is 4.99 Å². The Kier molecular flexibility index (Phi) is 21.0. The Hall–Kier alpha value is -3.43. The fourth-order valence-corrected chi connectivity index (χ4v) is 4.59. The van der Waals surface area contributed by atoms with Crippen LogP contribution < -0.4 is 0 Å². The van der Waals surface area contributed by atoms with E-state index in [1.54, 1.807) is 0 Å². The van der Waals surface area contributed by atoms with E-state index >= 15 is 0 Å². The predicted molar refractivity (Wildman–Crippen MR) is 199 cm³/mol. The molecule has 3 heteroatoms. The average Bonchev–Trinajstić information content (AvgIpc) is 3.04. The molecule has 0 fully saturated rings. The smallest absolute Gasteiger partial charge is 0.0391 e. The van der Waals surface area contributed by atoms with Crippen molar-refractivity contribution in [2.45, 2.75) is 78.6 Å². The third kappa shape index (κ3) is 16.2. The first-order valence-corrected chi connectivity index (χ1v) is 16.4. The molecule has 46 heavy (non-hydrogen) atoms. The molecule has 0 aromatic heterocycles. The van der Waals surface area contributed by atoms with Crippen molar-refractivity contribution in [1.29, 1.82) is 0 Å². The van der Waals surface area contributed by atoms with E-state index in [4.69, 9.17) is 10.3 Å². The number of hydrogen-bond acceptors (Lipinski definition) is 1. The molecule has 2 nitrogen and oxygen atoms in total. The Morgan fingerprint density at radius 3 is 1.43 bits per heavy atom. The van der Waals surface area contributed by atoms with Crippen LogP contribution >= 0.6 is 0 Å². The van der Waals surface area contributed by atoms with Gasteiger partial charge in [0.25, 0.3) is 0 Å². The maximum absolute atomic E-state index is 5.15. The molecule has 0 bridgehead atoms. The quantitative estimate of drug-likeness (QED) is 0.102. The molecule has 4 aromatic rings. The topological polar surface area (TPSA) is 26.5 Å². The zero-order valence-corrected chi connectivity index (χ0v) is 32.5. The third-order valence-electron chi connectivity index (χ3n) is 7.17. The molecule has 1 aliphatic rings. The number of rotatable bonds is 7. The Labute approximate surface area is 300 Å². The summed E-state index contributed by atoms with van der Waals surface area (Å²) >= 11 is 0. The maximum atomic E-state index is 5.15. The van der Waals surface area contributed by atoms with Gasteiger partial charge in [-0.05, 0) is 37.5 Å². The minimum atomic E-state index is 0. The van der Waals surface area contributed by atoms with Crippen molar-refractivity contribution in [3.63, 3.8) is 0 Å². The normalized spacial score (nSPS) is 12.7. The molecule has 0 unspecified atom stereocenters. The molecule has 0 heterocycles. The number of aliphatic imine (C=N–C) groups is 1. The molecule has 0 N–H and O–H groups in total. The van der Waals surface area contributed by atoms with Crippen LogP contribution in [0.25, 0.3) is 5.32 Å². The van der Waals surface area contributed by atoms with Crippen molar-refractivity contribution < 1.29 is 25.8 Å². The fraction of sp³-hybridized carbons (Fsp3) is 0.302. The first-order valence-electron chi connectivity index (χ1n) is 16.4. The van der Waals surface area contributed by atoms with E-state index in [-0.39, 0.29) is 25.8 Å². The summed E-state index contributed by atoms with van der Waals surface area (Å²) < 4.78 is 0. The van der Waals surface area contributed by atoms with Gasteiger partial charge in [0, 0.05) is 38.1 Å². The van der Waals surface area contributed by atoms with Gasteiger partial charge in [-0.15, -0.1) is 47.8 Å². The van der Waals surface area contributed by atoms with Gasteiger partial charge in [0.15, 0.2) is 0 Å². The van der Waals surface area contributed by atoms with Gasteiger partial charge in [-0.2, -0.15) is 73.9 Å². The molecule has 0 radical (unpaired) electrons. The summed E-state index contributed by atoms with van der Waals surface area (Å²) in [4.78, 5) is 4.85. The number of allylic oxidation sites excluding steroid dienone is 2. The van der Waals surface area contributed by atoms with E-state index in [0.717, 1.165) is 48.2 Å². The van der Waals surface area contributed by atoms with Gasteiger partial charge >= 0.3 is 0 Å². The van der Waals surface area contributed by atoms with Crippen LogP contribution in [-0.4, -0.2) is 12.3 Å². The second kappa shape index (κ2) is 23.8. The van der Waals surface area contributed by atoms with Crippen LogP contribution in [0.3, 0.4) is 0 Å². The van der Waals surface area contributed by atoms with Crippen LogP contribution in [0.2, 0.25) is 0 Å². The van der Waals surface area contributed by atoms with Crippen molar-refractivity contribution in [3.8, 4) is 0 Å². The minimum Gasteiger partial charge on any atom is -0.656 e. The summed E-state index contributed by atoms with van der Waals surface area (Å²) in [5.74, 6) is 0.958. The second-order valence-corrected chi connectivity index (χ2v) is 11.8. The average molecular weight is 777 g/mol. The summed E-state index contributed by atoms with van der Waals surface area (Å²) in [6.45, 7) is 23.3. The Morgan fingerprint density at radius 2 is 1.09 bits per heavy atom. The maximum Gasteiger partial charge on any atom is 0.0391 e. The van der Waals surface area contributed by atoms with Crippen molar-refractivity contribution >= 4 is 11.4 Å². The number of benzene rings is 4. The van der Waals surface area contributed by atoms with Crippen molar-refractivity contribution in [2.75, 3.05) is 6.54 Å². The third-order valence-corrected chi connectivity index (χ3v) is 7.17. The van der Waals surface area contributed by atoms with Crippen LogP contribution in [0.1, 0.15) is 106 Å². The number of para-hydroxylation sites is 1. The van der Waals surface area contributed by atoms with E-state index in [0.29, 0.717) is 11.8 Å². The Bertz CT molecular complexity index is 1280. The Morgan fingerprint density at radius 1 is 0.652 bits per heavy atom. The zero-order chi connectivity index (χ0) is 32.9. The van der Waals surface area contributed by atoms with Gasteiger partial charge < -0.3 is 5.32 Å². The van der Waals surface area contributed by atoms with Crippen molar-refractivity contribution in [3.05, 3.63) is 175 Å². The van der Waals surface area contributed by atoms with E-state index in [1.165, 1.54) is 35.4 Å². The molecule has 0 aliphatic heterocycles. The van der Waals surface area contributed by atoms with Crippen LogP contribution in [-0.2, 0) is 25.8 Å². The molecule has 244 valence electrons. The van der Waals surface area contributed by atoms with Crippen LogP contribution in [0, 0.1) is 20.8 Å². The van der Waals surface area contributed by atoms with Crippen LogP contribution in [0.15, 0.2) is 126 Å². The van der Waals surface area contributed by atoms with Gasteiger partial charge in [0.2, 0.25) is 0 Å². The van der Waals surface area contributed by atoms with Gasteiger partial charge in [0.1, 0.15) is 0 Å². The fourth-order valence-electron chi connectivity index (χ4n) is 4.59. The zero-order valence-electron chi connectivity index (χ0n) is 28.9. The molecular formula is C43H54HfN2-4. The van der Waals surface area contributed by atoms with Crippen LogP contribution in [0.4, 0.5) is 5.69 Å². The molecular weight excluding hydrogens is 723 g/mol. The van der Waals surface area contributed by atoms with E-state index < -0.39 is 0 Å². The molecule has 0 spiro atoms. The monoisotopic (exact) mass is 778 g/mol. The van der Waals surface area contributed by atoms with Gasteiger partial charge in [-0.1, -0.05) is 94.6 Å². The minimum absolute atomic E-state index is 0. The molecule has 1 aliphatic carbocycles. The summed E-state index contributed by atoms with van der Waals surface area (Å²) in [7, 11) is 0. The van der Waals surface area contributed by atoms with Crippen molar-refractivity contribution in [1.82, 2.24) is 0 Å². The van der Waals surface area contributed by atoms with Crippen molar-refractivity contribution in [2.24, 2.45) is 4.99 Å². The van der Waals surface area contributed by atoms with Gasteiger partial charge in [-0.25, -0.2) is 0 Å². The summed E-state index contributed by atoms with van der Waals surface area (Å²) in [5.41, 5.74) is 9.42. The Balaban J connectivity index is 0.000000385. The number of hydrogen-bond donors (Lipinski definition) is 0. The molecule has 5 rings (SSSR count). The number of unbranched alkanes of at least 4 members (excludes halogenated alkanes) is 1. The largest absolute Gasteiger partial charge is 0.656 e. The second-order valence-electron chi connectivity index (χ2n) is 11.8. The van der Waals surface area contributed by atoms with Gasteiger partial charge in [0.05, 0.1) is 0 Å². The number of nitrogens with zero attached hydrogens (tertiary/aromatic N) is 2. The molecule has 4 aromatic carbocycles. The van der Waals surface area contributed by atoms with E-state index in [1.807, 2.05) is 91.0 Å².